The number of amides is 3. The van der Waals surface area contributed by atoms with Gasteiger partial charge in [0.15, 0.2) is 12.4 Å². The molecule has 0 aromatic carbocycles. The van der Waals surface area contributed by atoms with Crippen LogP contribution in [0.2, 0.25) is 0 Å². The number of nitrogens with one attached hydrogen (secondary N) is 1. The first kappa shape index (κ1) is 19.0. The minimum Gasteiger partial charge on any atom is -0.455 e. The summed E-state index contributed by atoms with van der Waals surface area (Å²) in [5.41, 5.74) is 0. The summed E-state index contributed by atoms with van der Waals surface area (Å²) in [5.74, 6) is -0.935. The maximum Gasteiger partial charge on any atom is 0.316 e. The summed E-state index contributed by atoms with van der Waals surface area (Å²) in [4.78, 5) is 47.9. The van der Waals surface area contributed by atoms with Gasteiger partial charge in [0.05, 0.1) is 11.0 Å². The molecule has 25 heavy (non-hydrogen) atoms. The number of aromatic nitrogens is 1. The van der Waals surface area contributed by atoms with Crippen LogP contribution in [0.15, 0.2) is 10.6 Å². The maximum atomic E-state index is 11.9. The number of carbonyl (C=O) groups is 4. The summed E-state index contributed by atoms with van der Waals surface area (Å²) in [5, 5.41) is 5.68. The lowest BCUT2D eigenvalue weighted by atomic mass is 10.4. The van der Waals surface area contributed by atoms with Gasteiger partial charge in [-0.25, -0.2) is 0 Å². The predicted octanol–water partition coefficient (Wildman–Crippen LogP) is 0.735. The number of anilines is 1. The van der Waals surface area contributed by atoms with Gasteiger partial charge in [0.25, 0.3) is 5.91 Å². The molecule has 1 aromatic rings. The Balaban J connectivity index is 1.67. The van der Waals surface area contributed by atoms with Crippen molar-refractivity contribution in [3.8, 4) is 0 Å². The highest BCUT2D eigenvalue weighted by Crippen LogP contribution is 2.15. The van der Waals surface area contributed by atoms with E-state index in [2.05, 4.69) is 10.5 Å². The van der Waals surface area contributed by atoms with E-state index in [0.29, 0.717) is 31.0 Å². The second kappa shape index (κ2) is 8.65. The molecule has 1 N–H and O–H groups in total. The predicted molar refractivity (Wildman–Crippen MR) is 88.7 cm³/mol. The molecule has 0 aliphatic carbocycles. The standard InChI is InChI=1S/C15H19N3O6S/c1-9-6-11(17-24-9)16-15(22)10(2)25-8-14(21)23-7-13(20)18-5-3-4-12(18)19/h6,10H,3-5,7-8H2,1-2H3,(H,16,17,22)/t10-/m1/s1. The molecule has 0 saturated carbocycles. The number of rotatable bonds is 7. The number of thioether (sulfide) groups is 1. The van der Waals surface area contributed by atoms with E-state index < -0.39 is 23.7 Å². The number of aryl methyl sites for hydroxylation is 1. The number of imide groups is 1. The van der Waals surface area contributed by atoms with Crippen LogP contribution in [0.1, 0.15) is 25.5 Å². The van der Waals surface area contributed by atoms with Gasteiger partial charge in [-0.3, -0.25) is 24.1 Å². The fraction of sp³-hybridized carbons (Fsp3) is 0.533. The molecular weight excluding hydrogens is 350 g/mol. The van der Waals surface area contributed by atoms with Gasteiger partial charge in [-0.1, -0.05) is 5.16 Å². The number of nitrogens with zero attached hydrogens (tertiary/aromatic N) is 2. The van der Waals surface area contributed by atoms with E-state index in [9.17, 15) is 19.2 Å². The van der Waals surface area contributed by atoms with Crippen molar-refractivity contribution in [1.29, 1.82) is 0 Å². The van der Waals surface area contributed by atoms with Gasteiger partial charge in [0.1, 0.15) is 5.76 Å². The summed E-state index contributed by atoms with van der Waals surface area (Å²) >= 11 is 1.07. The molecule has 136 valence electrons. The first-order valence-electron chi connectivity index (χ1n) is 7.71. The number of ether oxygens (including phenoxy) is 1. The summed E-state index contributed by atoms with van der Waals surface area (Å²) in [6.07, 6.45) is 0.971. The molecule has 1 atom stereocenters. The minimum atomic E-state index is -0.623. The van der Waals surface area contributed by atoms with Gasteiger partial charge in [-0.2, -0.15) is 0 Å². The highest BCUT2D eigenvalue weighted by atomic mass is 32.2. The van der Waals surface area contributed by atoms with Gasteiger partial charge in [0, 0.05) is 19.0 Å². The van der Waals surface area contributed by atoms with Crippen LogP contribution in [0, 0.1) is 6.92 Å². The van der Waals surface area contributed by atoms with E-state index in [1.807, 2.05) is 0 Å². The normalized spacial score (nSPS) is 15.1. The number of hydrogen-bond donors (Lipinski definition) is 1. The van der Waals surface area contributed by atoms with Gasteiger partial charge >= 0.3 is 5.97 Å². The average Bonchev–Trinajstić information content (AvgIpc) is 3.18. The van der Waals surface area contributed by atoms with E-state index in [1.165, 1.54) is 0 Å². The molecular formula is C15H19N3O6S. The van der Waals surface area contributed by atoms with E-state index in [4.69, 9.17) is 9.26 Å². The molecule has 3 amide bonds. The third-order valence-corrected chi connectivity index (χ3v) is 4.55. The molecule has 0 bridgehead atoms. The number of hydrogen-bond acceptors (Lipinski definition) is 8. The van der Waals surface area contributed by atoms with Crippen molar-refractivity contribution in [3.63, 3.8) is 0 Å². The molecule has 0 spiro atoms. The summed E-state index contributed by atoms with van der Waals surface area (Å²) in [7, 11) is 0. The largest absolute Gasteiger partial charge is 0.455 e. The lowest BCUT2D eigenvalue weighted by Gasteiger charge is -2.14. The van der Waals surface area contributed by atoms with Crippen LogP contribution < -0.4 is 5.32 Å². The smallest absolute Gasteiger partial charge is 0.316 e. The Morgan fingerprint density at radius 3 is 2.84 bits per heavy atom. The molecule has 1 aromatic heterocycles. The van der Waals surface area contributed by atoms with Crippen molar-refractivity contribution in [2.45, 2.75) is 31.9 Å². The maximum absolute atomic E-state index is 11.9. The monoisotopic (exact) mass is 369 g/mol. The van der Waals surface area contributed by atoms with Crippen LogP contribution in [0.5, 0.6) is 0 Å². The van der Waals surface area contributed by atoms with Crippen LogP contribution in [-0.4, -0.2) is 57.9 Å². The second-order valence-corrected chi connectivity index (χ2v) is 6.80. The van der Waals surface area contributed by atoms with Crippen molar-refractivity contribution in [2.24, 2.45) is 0 Å². The zero-order valence-electron chi connectivity index (χ0n) is 13.9. The molecule has 10 heteroatoms. The van der Waals surface area contributed by atoms with Crippen LogP contribution in [0.4, 0.5) is 5.82 Å². The van der Waals surface area contributed by atoms with Crippen molar-refractivity contribution in [1.82, 2.24) is 10.1 Å². The van der Waals surface area contributed by atoms with E-state index in [-0.39, 0.29) is 17.6 Å². The second-order valence-electron chi connectivity index (χ2n) is 5.47. The summed E-state index contributed by atoms with van der Waals surface area (Å²) in [6.45, 7) is 3.23. The molecule has 9 nitrogen and oxygen atoms in total. The summed E-state index contributed by atoms with van der Waals surface area (Å²) in [6, 6.07) is 1.58. The minimum absolute atomic E-state index is 0.0896. The fourth-order valence-corrected chi connectivity index (χ4v) is 2.78. The van der Waals surface area contributed by atoms with Gasteiger partial charge < -0.3 is 14.6 Å². The van der Waals surface area contributed by atoms with Crippen LogP contribution >= 0.6 is 11.8 Å². The Labute approximate surface area is 148 Å². The zero-order valence-corrected chi connectivity index (χ0v) is 14.8. The highest BCUT2D eigenvalue weighted by molar-refractivity contribution is 8.01. The van der Waals surface area contributed by atoms with E-state index >= 15 is 0 Å². The quantitative estimate of drug-likeness (QED) is 0.699. The van der Waals surface area contributed by atoms with E-state index in [1.54, 1.807) is 19.9 Å². The Bertz CT molecular complexity index is 674. The lowest BCUT2D eigenvalue weighted by Crippen LogP contribution is -2.35. The first-order valence-corrected chi connectivity index (χ1v) is 8.76. The Morgan fingerprint density at radius 1 is 1.48 bits per heavy atom. The SMILES string of the molecule is Cc1cc(NC(=O)[C@@H](C)SCC(=O)OCC(=O)N2CCCC2=O)no1. The molecule has 1 aliphatic rings. The average molecular weight is 369 g/mol. The summed E-state index contributed by atoms with van der Waals surface area (Å²) < 4.78 is 9.70. The Kier molecular flexibility index (Phi) is 6.57. The van der Waals surface area contributed by atoms with Crippen molar-refractivity contribution in [2.75, 3.05) is 24.2 Å². The van der Waals surface area contributed by atoms with Gasteiger partial charge in [-0.15, -0.1) is 11.8 Å². The van der Waals surface area contributed by atoms with Crippen LogP contribution in [0.3, 0.4) is 0 Å². The van der Waals surface area contributed by atoms with Gasteiger partial charge in [-0.05, 0) is 20.3 Å². The number of likely N-dealkylation sites (tertiary alicyclic amines) is 1. The van der Waals surface area contributed by atoms with Gasteiger partial charge in [0.2, 0.25) is 11.8 Å². The van der Waals surface area contributed by atoms with Crippen LogP contribution in [0.25, 0.3) is 0 Å². The number of carbonyl (C=O) groups excluding carboxylic acids is 4. The third kappa shape index (κ3) is 5.59. The van der Waals surface area contributed by atoms with Crippen molar-refractivity contribution < 1.29 is 28.4 Å². The van der Waals surface area contributed by atoms with Crippen molar-refractivity contribution in [3.05, 3.63) is 11.8 Å². The first-order chi connectivity index (χ1) is 11.9. The molecule has 1 aliphatic heterocycles. The number of esters is 1. The topological polar surface area (TPSA) is 119 Å². The Hall–Kier alpha value is -2.36. The molecule has 2 rings (SSSR count). The Morgan fingerprint density at radius 2 is 2.24 bits per heavy atom. The zero-order chi connectivity index (χ0) is 18.4. The van der Waals surface area contributed by atoms with Crippen molar-refractivity contribution >= 4 is 41.3 Å². The highest BCUT2D eigenvalue weighted by Gasteiger charge is 2.27. The van der Waals surface area contributed by atoms with E-state index in [0.717, 1.165) is 16.7 Å². The lowest BCUT2D eigenvalue weighted by molar-refractivity contribution is -0.153. The molecule has 1 saturated heterocycles. The molecule has 0 radical (unpaired) electrons. The fourth-order valence-electron chi connectivity index (χ4n) is 2.10. The third-order valence-electron chi connectivity index (χ3n) is 3.43. The van der Waals surface area contributed by atoms with Crippen LogP contribution in [-0.2, 0) is 23.9 Å². The molecule has 0 unspecified atom stereocenters. The molecule has 1 fully saturated rings. The molecule has 2 heterocycles.